The van der Waals surface area contributed by atoms with Crippen LogP contribution in [0.2, 0.25) is 0 Å². The Hall–Kier alpha value is -3.01. The molecule has 1 fully saturated rings. The molecule has 0 atom stereocenters. The van der Waals surface area contributed by atoms with Crippen molar-refractivity contribution in [2.24, 2.45) is 0 Å². The van der Waals surface area contributed by atoms with E-state index in [0.29, 0.717) is 45.0 Å². The summed E-state index contributed by atoms with van der Waals surface area (Å²) < 4.78 is 1.38. The quantitative estimate of drug-likeness (QED) is 0.670. The summed E-state index contributed by atoms with van der Waals surface area (Å²) in [5.74, 6) is -0.287. The van der Waals surface area contributed by atoms with Gasteiger partial charge in [0.15, 0.2) is 5.65 Å². The molecule has 0 saturated carbocycles. The molecule has 3 heterocycles. The van der Waals surface area contributed by atoms with Gasteiger partial charge in [0.05, 0.1) is 17.5 Å². The molecule has 1 aliphatic heterocycles. The van der Waals surface area contributed by atoms with Gasteiger partial charge in [-0.25, -0.2) is 9.78 Å². The van der Waals surface area contributed by atoms with Crippen LogP contribution in [-0.2, 0) is 11.3 Å². The van der Waals surface area contributed by atoms with Gasteiger partial charge in [-0.15, -0.1) is 0 Å². The van der Waals surface area contributed by atoms with Crippen molar-refractivity contribution in [3.05, 3.63) is 38.2 Å². The third-order valence-corrected chi connectivity index (χ3v) is 5.58. The SMILES string of the molecule is CCn1c(=O)[nH]c(=O)c2c(C(=O)N3CCN(CC(=O)NC(C)C)CC3)cc(C(C)C)nc21. The lowest BCUT2D eigenvalue weighted by atomic mass is 10.0. The van der Waals surface area contributed by atoms with Crippen LogP contribution in [0.5, 0.6) is 0 Å². The van der Waals surface area contributed by atoms with E-state index in [1.54, 1.807) is 17.9 Å². The minimum absolute atomic E-state index is 0.0157. The molecule has 0 aliphatic carbocycles. The molecule has 1 aliphatic rings. The number of aromatic amines is 1. The summed E-state index contributed by atoms with van der Waals surface area (Å²) >= 11 is 0. The van der Waals surface area contributed by atoms with Gasteiger partial charge in [0, 0.05) is 44.5 Å². The number of aryl methyl sites for hydroxylation is 1. The molecule has 0 spiro atoms. The zero-order valence-electron chi connectivity index (χ0n) is 19.4. The van der Waals surface area contributed by atoms with Crippen LogP contribution in [0.1, 0.15) is 56.6 Å². The number of carbonyl (C=O) groups is 2. The average Bonchev–Trinajstić information content (AvgIpc) is 2.72. The van der Waals surface area contributed by atoms with Crippen LogP contribution in [0.15, 0.2) is 15.7 Å². The molecule has 174 valence electrons. The predicted octanol–water partition coefficient (Wildman–Crippen LogP) is 0.511. The normalized spacial score (nSPS) is 15.0. The van der Waals surface area contributed by atoms with Crippen molar-refractivity contribution < 1.29 is 9.59 Å². The van der Waals surface area contributed by atoms with E-state index in [1.807, 2.05) is 32.6 Å². The number of rotatable bonds is 6. The van der Waals surface area contributed by atoms with E-state index >= 15 is 0 Å². The minimum atomic E-state index is -0.607. The second-order valence-electron chi connectivity index (χ2n) is 8.74. The molecule has 2 amide bonds. The Morgan fingerprint density at radius 2 is 1.78 bits per heavy atom. The molecular weight excluding hydrogens is 412 g/mol. The maximum absolute atomic E-state index is 13.5. The molecule has 2 aromatic heterocycles. The van der Waals surface area contributed by atoms with Gasteiger partial charge in [0.2, 0.25) is 5.91 Å². The number of carbonyl (C=O) groups excluding carboxylic acids is 2. The molecule has 2 aromatic rings. The number of nitrogens with one attached hydrogen (secondary N) is 2. The highest BCUT2D eigenvalue weighted by Crippen LogP contribution is 2.21. The summed E-state index contributed by atoms with van der Waals surface area (Å²) in [5, 5.41) is 3.01. The van der Waals surface area contributed by atoms with Gasteiger partial charge in [-0.1, -0.05) is 13.8 Å². The van der Waals surface area contributed by atoms with Crippen LogP contribution in [0.4, 0.5) is 0 Å². The summed E-state index contributed by atoms with van der Waals surface area (Å²) in [6, 6.07) is 1.75. The highest BCUT2D eigenvalue weighted by Gasteiger charge is 2.27. The zero-order chi connectivity index (χ0) is 23.6. The molecule has 0 unspecified atom stereocenters. The highest BCUT2D eigenvalue weighted by atomic mass is 16.2. The van der Waals surface area contributed by atoms with Gasteiger partial charge in [-0.3, -0.25) is 28.8 Å². The van der Waals surface area contributed by atoms with Crippen LogP contribution >= 0.6 is 0 Å². The zero-order valence-corrected chi connectivity index (χ0v) is 19.4. The third-order valence-electron chi connectivity index (χ3n) is 5.58. The monoisotopic (exact) mass is 444 g/mol. The smallest absolute Gasteiger partial charge is 0.329 e. The molecule has 1 saturated heterocycles. The number of aromatic nitrogens is 3. The van der Waals surface area contributed by atoms with Crippen molar-refractivity contribution in [1.29, 1.82) is 0 Å². The lowest BCUT2D eigenvalue weighted by Gasteiger charge is -2.34. The Kier molecular flexibility index (Phi) is 7.12. The van der Waals surface area contributed by atoms with Crippen molar-refractivity contribution >= 4 is 22.8 Å². The minimum Gasteiger partial charge on any atom is -0.353 e. The van der Waals surface area contributed by atoms with Gasteiger partial charge in [-0.2, -0.15) is 0 Å². The van der Waals surface area contributed by atoms with Crippen LogP contribution < -0.4 is 16.6 Å². The van der Waals surface area contributed by atoms with Crippen LogP contribution in [0.3, 0.4) is 0 Å². The molecule has 2 N–H and O–H groups in total. The molecule has 0 bridgehead atoms. The standard InChI is InChI=1S/C22H32N6O4/c1-6-28-19-18(20(30)25-22(28)32)15(11-16(24-19)13(2)3)21(31)27-9-7-26(8-10-27)12-17(29)23-14(4)5/h11,13-14H,6-10,12H2,1-5H3,(H,23,29)(H,25,30,32). The summed E-state index contributed by atoms with van der Waals surface area (Å²) in [6.45, 7) is 12.1. The van der Waals surface area contributed by atoms with E-state index in [4.69, 9.17) is 0 Å². The number of fused-ring (bicyclic) bond motifs is 1. The van der Waals surface area contributed by atoms with Crippen molar-refractivity contribution in [2.75, 3.05) is 32.7 Å². The fraction of sp³-hybridized carbons (Fsp3) is 0.591. The van der Waals surface area contributed by atoms with Crippen molar-refractivity contribution in [3.63, 3.8) is 0 Å². The Morgan fingerprint density at radius 1 is 1.12 bits per heavy atom. The maximum Gasteiger partial charge on any atom is 0.329 e. The van der Waals surface area contributed by atoms with Crippen molar-refractivity contribution in [3.8, 4) is 0 Å². The first kappa shape index (κ1) is 23.6. The van der Waals surface area contributed by atoms with Crippen molar-refractivity contribution in [2.45, 2.75) is 53.1 Å². The Balaban J connectivity index is 1.91. The summed E-state index contributed by atoms with van der Waals surface area (Å²) in [6.07, 6.45) is 0. The van der Waals surface area contributed by atoms with E-state index in [1.165, 1.54) is 4.57 Å². The summed E-state index contributed by atoms with van der Waals surface area (Å²) in [7, 11) is 0. The third kappa shape index (κ3) is 4.90. The highest BCUT2D eigenvalue weighted by molar-refractivity contribution is 6.05. The molecule has 3 rings (SSSR count). The van der Waals surface area contributed by atoms with E-state index < -0.39 is 11.2 Å². The summed E-state index contributed by atoms with van der Waals surface area (Å²) in [4.78, 5) is 61.0. The van der Waals surface area contributed by atoms with Gasteiger partial charge in [0.25, 0.3) is 11.5 Å². The molecular formula is C22H32N6O4. The number of pyridine rings is 1. The number of piperazine rings is 1. The van der Waals surface area contributed by atoms with Crippen LogP contribution in [0, 0.1) is 0 Å². The van der Waals surface area contributed by atoms with Gasteiger partial charge >= 0.3 is 5.69 Å². The lowest BCUT2D eigenvalue weighted by molar-refractivity contribution is -0.123. The van der Waals surface area contributed by atoms with Crippen LogP contribution in [0.25, 0.3) is 11.0 Å². The number of hydrogen-bond donors (Lipinski definition) is 2. The van der Waals surface area contributed by atoms with E-state index in [-0.39, 0.29) is 40.4 Å². The second kappa shape index (κ2) is 9.64. The molecule has 10 nitrogen and oxygen atoms in total. The van der Waals surface area contributed by atoms with E-state index in [9.17, 15) is 19.2 Å². The number of nitrogens with zero attached hydrogens (tertiary/aromatic N) is 4. The fourth-order valence-electron chi connectivity index (χ4n) is 3.90. The summed E-state index contributed by atoms with van der Waals surface area (Å²) in [5.41, 5.74) is -0.0000666. The van der Waals surface area contributed by atoms with Crippen LogP contribution in [-0.4, -0.2) is 74.9 Å². The average molecular weight is 445 g/mol. The first-order chi connectivity index (χ1) is 15.1. The van der Waals surface area contributed by atoms with E-state index in [0.717, 1.165) is 0 Å². The van der Waals surface area contributed by atoms with Crippen molar-refractivity contribution in [1.82, 2.24) is 29.7 Å². The molecule has 32 heavy (non-hydrogen) atoms. The molecule has 10 heteroatoms. The maximum atomic E-state index is 13.5. The Labute approximate surface area is 186 Å². The van der Waals surface area contributed by atoms with Gasteiger partial charge < -0.3 is 10.2 Å². The number of H-pyrrole nitrogens is 1. The first-order valence-corrected chi connectivity index (χ1v) is 11.1. The fourth-order valence-corrected chi connectivity index (χ4v) is 3.90. The molecule has 0 aromatic carbocycles. The topological polar surface area (TPSA) is 120 Å². The second-order valence-corrected chi connectivity index (χ2v) is 8.74. The largest absolute Gasteiger partial charge is 0.353 e. The first-order valence-electron chi connectivity index (χ1n) is 11.1. The molecule has 0 radical (unpaired) electrons. The van der Waals surface area contributed by atoms with Gasteiger partial charge in [0.1, 0.15) is 0 Å². The Morgan fingerprint density at radius 3 is 2.34 bits per heavy atom. The lowest BCUT2D eigenvalue weighted by Crippen LogP contribution is -2.51. The predicted molar refractivity (Wildman–Crippen MR) is 122 cm³/mol. The van der Waals surface area contributed by atoms with E-state index in [2.05, 4.69) is 15.3 Å². The number of amides is 2. The number of hydrogen-bond acceptors (Lipinski definition) is 6. The Bertz CT molecular complexity index is 1130. The van der Waals surface area contributed by atoms with Gasteiger partial charge in [-0.05, 0) is 32.8 Å².